The third kappa shape index (κ3) is 13.6. The van der Waals surface area contributed by atoms with Crippen LogP contribution in [0.5, 0.6) is 34.5 Å². The molecule has 9 aromatic heterocycles. The molecule has 3 aromatic carbocycles. The van der Waals surface area contributed by atoms with E-state index in [4.69, 9.17) is 84.0 Å². The number of fused-ring (bicyclic) bond motifs is 6. The molecule has 31 heteroatoms. The van der Waals surface area contributed by atoms with Crippen molar-refractivity contribution in [2.45, 2.75) is 37.8 Å². The van der Waals surface area contributed by atoms with Crippen molar-refractivity contribution < 1.29 is 38.6 Å². The Bertz CT molecular complexity index is 4440. The summed E-state index contributed by atoms with van der Waals surface area (Å²) in [6, 6.07) is 23.5. The molecule has 2 saturated heterocycles. The van der Waals surface area contributed by atoms with E-state index in [1.807, 2.05) is 115 Å². The summed E-state index contributed by atoms with van der Waals surface area (Å²) in [6.07, 6.45) is 15.0. The van der Waals surface area contributed by atoms with Gasteiger partial charge in [0.2, 0.25) is 36.9 Å². The molecule has 2 fully saturated rings. The molecule has 0 saturated carbocycles. The minimum atomic E-state index is 0.0653. The number of rotatable bonds is 10. The molecule has 17 rings (SSSR count). The molecule has 14 heterocycles. The topological polar surface area (TPSA) is 292 Å². The summed E-state index contributed by atoms with van der Waals surface area (Å²) in [6.45, 7) is 3.13. The van der Waals surface area contributed by atoms with Gasteiger partial charge >= 0.3 is 0 Å². The summed E-state index contributed by atoms with van der Waals surface area (Å²) in [5.74, 6) is 8.27. The molecular weight excluding hydrogens is 1270 g/mol. The first-order valence-corrected chi connectivity index (χ1v) is 31.4. The summed E-state index contributed by atoms with van der Waals surface area (Å²) < 4.78 is 37.7. The van der Waals surface area contributed by atoms with Gasteiger partial charge in [-0.1, -0.05) is 11.6 Å². The predicted octanol–water partition coefficient (Wildman–Crippen LogP) is 11.2. The number of thiophene rings is 3. The molecule has 0 amide bonds. The normalized spacial score (nSPS) is 15.7. The van der Waals surface area contributed by atoms with E-state index in [1.54, 1.807) is 36.5 Å². The van der Waals surface area contributed by atoms with E-state index in [9.17, 15) is 5.11 Å². The summed E-state index contributed by atoms with van der Waals surface area (Å²) in [5.41, 5.74) is 8.34. The maximum absolute atomic E-state index is 9.71. The van der Waals surface area contributed by atoms with Crippen molar-refractivity contribution >= 4 is 135 Å². The summed E-state index contributed by atoms with van der Waals surface area (Å²) in [4.78, 5) is 43.3. The van der Waals surface area contributed by atoms with Crippen LogP contribution in [-0.4, -0.2) is 128 Å². The van der Waals surface area contributed by atoms with Gasteiger partial charge in [-0.25, -0.2) is 34.9 Å². The number of imidazole rings is 3. The number of ether oxygens (including phenoxy) is 6. The van der Waals surface area contributed by atoms with Crippen LogP contribution in [0.4, 0.5) is 35.0 Å². The third-order valence-electron chi connectivity index (χ3n) is 14.3. The number of nitrogens with two attached hydrogens (primary N) is 1. The number of aromatic nitrogens is 12. The van der Waals surface area contributed by atoms with Gasteiger partial charge in [0.05, 0.1) is 65.7 Å². The number of hydrogen-bond donors (Lipinski definition) is 6. The smallest absolute Gasteiger partial charge is 0.231 e. The molecule has 0 radical (unpaired) electrons. The second kappa shape index (κ2) is 26.9. The zero-order valence-corrected chi connectivity index (χ0v) is 51.4. The monoisotopic (exact) mass is 1320 g/mol. The number of nitrogens with one attached hydrogen (secondary N) is 3. The molecule has 25 nitrogen and oxygen atoms in total. The number of hydrogen-bond acceptors (Lipinski definition) is 25. The van der Waals surface area contributed by atoms with E-state index >= 15 is 0 Å². The van der Waals surface area contributed by atoms with Crippen molar-refractivity contribution in [3.8, 4) is 51.6 Å². The first-order valence-electron chi connectivity index (χ1n) is 27.6. The third-order valence-corrected chi connectivity index (χ3v) is 17.4. The van der Waals surface area contributed by atoms with Crippen LogP contribution in [0, 0.1) is 0 Å². The quantitative estimate of drug-likeness (QED) is 0.0548. The molecule has 12 aromatic rings. The molecule has 456 valence electrons. The fraction of sp³-hybridized carbons (Fsp3) is 0.224. The number of nitrogens with zero attached hydrogens (tertiary/aromatic N) is 13. The van der Waals surface area contributed by atoms with Crippen molar-refractivity contribution in [2.75, 3.05) is 67.9 Å². The molecule has 7 N–H and O–H groups in total. The average molecular weight is 1320 g/mol. The van der Waals surface area contributed by atoms with Crippen molar-refractivity contribution in [3.63, 3.8) is 0 Å². The number of benzene rings is 3. The fourth-order valence-electron chi connectivity index (χ4n) is 9.91. The van der Waals surface area contributed by atoms with Crippen LogP contribution in [0.25, 0.3) is 47.7 Å². The van der Waals surface area contributed by atoms with Crippen LogP contribution in [0.15, 0.2) is 127 Å². The Hall–Kier alpha value is -8.84. The lowest BCUT2D eigenvalue weighted by molar-refractivity contribution is 0.173. The number of anilines is 6. The molecule has 0 bridgehead atoms. The average Bonchev–Trinajstić information content (AvgIpc) is 3.02. The zero-order chi connectivity index (χ0) is 60.8. The second-order valence-corrected chi connectivity index (χ2v) is 23.7. The van der Waals surface area contributed by atoms with E-state index in [1.165, 1.54) is 29.1 Å². The largest absolute Gasteiger partial charge is 0.454 e. The molecule has 89 heavy (non-hydrogen) atoms. The number of halogens is 3. The Morgan fingerprint density at radius 3 is 1.54 bits per heavy atom. The van der Waals surface area contributed by atoms with Crippen molar-refractivity contribution in [3.05, 3.63) is 142 Å². The van der Waals surface area contributed by atoms with Crippen LogP contribution in [0.3, 0.4) is 0 Å². The van der Waals surface area contributed by atoms with Crippen molar-refractivity contribution in [1.29, 1.82) is 0 Å². The zero-order valence-electron chi connectivity index (χ0n) is 46.7. The van der Waals surface area contributed by atoms with Gasteiger partial charge in [-0.05, 0) is 126 Å². The predicted molar refractivity (Wildman–Crippen MR) is 343 cm³/mol. The Morgan fingerprint density at radius 2 is 1.03 bits per heavy atom. The maximum atomic E-state index is 9.71. The highest BCUT2D eigenvalue weighted by Crippen LogP contribution is 2.38. The summed E-state index contributed by atoms with van der Waals surface area (Å²) in [7, 11) is 0. The lowest BCUT2D eigenvalue weighted by Gasteiger charge is -2.23. The first-order chi connectivity index (χ1) is 43.6. The van der Waals surface area contributed by atoms with E-state index in [0.29, 0.717) is 52.8 Å². The van der Waals surface area contributed by atoms with Crippen LogP contribution in [0.1, 0.15) is 25.7 Å². The highest BCUT2D eigenvalue weighted by atomic mass is 35.5. The lowest BCUT2D eigenvalue weighted by atomic mass is 10.2. The van der Waals surface area contributed by atoms with E-state index in [-0.39, 0.29) is 43.6 Å². The molecular formula is C58H52Cl3N17O8S3. The number of aliphatic hydroxyl groups is 2. The molecule has 0 unspecified atom stereocenters. The van der Waals surface area contributed by atoms with Gasteiger partial charge in [-0.3, -0.25) is 0 Å². The Balaban J connectivity index is 0.000000111. The van der Waals surface area contributed by atoms with Crippen molar-refractivity contribution in [1.82, 2.24) is 63.9 Å². The second-order valence-electron chi connectivity index (χ2n) is 20.0. The van der Waals surface area contributed by atoms with Gasteiger partial charge in [0, 0.05) is 36.2 Å². The Labute approximate surface area is 533 Å². The molecule has 5 aliphatic heterocycles. The fourth-order valence-corrected chi connectivity index (χ4v) is 13.0. The number of nitrogen functional groups attached to an aromatic ring is 1. The molecule has 2 atom stereocenters. The summed E-state index contributed by atoms with van der Waals surface area (Å²) in [5, 5.41) is 37.3. The van der Waals surface area contributed by atoms with E-state index in [0.717, 1.165) is 115 Å². The van der Waals surface area contributed by atoms with Gasteiger partial charge in [-0.15, -0.1) is 34.0 Å². The standard InChI is InChI=1S/C21H20N6O3S.C16H10ClN5O2S.C10H9N3O2.C6H2Cl2N2S.C5H11NO/c28-10-14-2-1-6-27(14)21-24-19(15-5-7-31-20(15)25-21)23-18-9-26(11-22-18)13-3-4-16-17(8-13)30-12-29-16;17-16-20-14(10-3-4-25-15(10)21-16)19-13-6-22(7-18-13)9-1-2-11-12(5-9)24-8-23-11;11-10-4-13(5-12-10)7-1-2-8-9(3-7)15-6-14-8;7-4-3-1-2-11-5(3)10-6(8)9-4;7-4-5-2-1-3-6-5/h3-5,7-9,11,14,28H,1-2,6,10,12H2,(H,23,24,25);1-7H,8H2,(H,19,20,21);1-5H,6,11H2;1-2H;5-7H,1-4H2/t14-;;;;5-/m0...0/s1. The van der Waals surface area contributed by atoms with Gasteiger partial charge in [0.25, 0.3) is 0 Å². The Morgan fingerprint density at radius 1 is 0.539 bits per heavy atom. The SMILES string of the molecule is Clc1nc(Cl)c2ccsc2n1.Clc1nc(Nc2cn(-c3ccc4c(c3)OCO4)cn2)c2ccsc2n1.Nc1cn(-c2ccc3c(c2)OCO3)cn1.OC[C@@H]1CCCN1.OC[C@@H]1CCCN1c1nc(Nc2cn(-c3ccc4c(c3)OCO4)cn2)c2ccsc2n1. The van der Waals surface area contributed by atoms with Gasteiger partial charge < -0.3 is 78.9 Å². The summed E-state index contributed by atoms with van der Waals surface area (Å²) >= 11 is 21.9. The first kappa shape index (κ1) is 59.1. The lowest BCUT2D eigenvalue weighted by Crippen LogP contribution is -2.33. The molecule has 0 spiro atoms. The highest BCUT2D eigenvalue weighted by molar-refractivity contribution is 7.17. The van der Waals surface area contributed by atoms with Gasteiger partial charge in [0.15, 0.2) is 34.5 Å². The van der Waals surface area contributed by atoms with E-state index in [2.05, 4.69) is 55.7 Å². The molecule has 5 aliphatic rings. The maximum Gasteiger partial charge on any atom is 0.231 e. The molecule has 0 aliphatic carbocycles. The van der Waals surface area contributed by atoms with Crippen LogP contribution < -0.4 is 55.0 Å². The minimum absolute atomic E-state index is 0.0653. The van der Waals surface area contributed by atoms with Crippen LogP contribution in [0.2, 0.25) is 15.7 Å². The van der Waals surface area contributed by atoms with Crippen molar-refractivity contribution in [2.24, 2.45) is 0 Å². The van der Waals surface area contributed by atoms with Crippen LogP contribution in [-0.2, 0) is 0 Å². The highest BCUT2D eigenvalue weighted by Gasteiger charge is 2.28. The van der Waals surface area contributed by atoms with Crippen LogP contribution >= 0.6 is 68.8 Å². The number of aliphatic hydroxyl groups excluding tert-OH is 2. The van der Waals surface area contributed by atoms with E-state index < -0.39 is 0 Å². The van der Waals surface area contributed by atoms with Gasteiger partial charge in [-0.2, -0.15) is 9.97 Å². The Kier molecular flexibility index (Phi) is 17.9. The van der Waals surface area contributed by atoms with Gasteiger partial charge in [0.1, 0.15) is 67.7 Å². The minimum Gasteiger partial charge on any atom is -0.454 e.